The molecular formula is C22H26N2O4S2. The Morgan fingerprint density at radius 3 is 2.37 bits per heavy atom. The van der Waals surface area contributed by atoms with Crippen molar-refractivity contribution in [1.82, 2.24) is 9.80 Å². The first-order valence-electron chi connectivity index (χ1n) is 10.0. The zero-order valence-electron chi connectivity index (χ0n) is 17.3. The standard InChI is InChI=1S/C22H26N2O4S2/c1-27-17-12-16(13-18(14-17)28-2)21(26)24-9-11-30-22(24)5-7-23(8-6-22)20(25)15-19-4-3-10-29-19/h3-4,10,12-14H,5-9,11,15H2,1-2H3. The summed E-state index contributed by atoms with van der Waals surface area (Å²) in [5.74, 6) is 2.29. The number of piperidine rings is 1. The number of ether oxygens (including phenoxy) is 2. The molecule has 0 N–H and O–H groups in total. The average molecular weight is 447 g/mol. The van der Waals surface area contributed by atoms with Gasteiger partial charge in [0.05, 0.1) is 25.5 Å². The van der Waals surface area contributed by atoms with Crippen LogP contribution < -0.4 is 9.47 Å². The molecule has 6 nitrogen and oxygen atoms in total. The van der Waals surface area contributed by atoms with Crippen LogP contribution in [0.5, 0.6) is 11.5 Å². The van der Waals surface area contributed by atoms with E-state index in [1.165, 1.54) is 0 Å². The molecule has 0 aliphatic carbocycles. The van der Waals surface area contributed by atoms with E-state index in [1.807, 2.05) is 39.1 Å². The topological polar surface area (TPSA) is 59.1 Å². The van der Waals surface area contributed by atoms with Gasteiger partial charge in [0.1, 0.15) is 11.5 Å². The molecule has 4 rings (SSSR count). The van der Waals surface area contributed by atoms with Crippen molar-refractivity contribution in [2.75, 3.05) is 39.6 Å². The molecule has 8 heteroatoms. The molecule has 0 radical (unpaired) electrons. The quantitative estimate of drug-likeness (QED) is 0.703. The van der Waals surface area contributed by atoms with Gasteiger partial charge in [-0.3, -0.25) is 9.59 Å². The van der Waals surface area contributed by atoms with Crippen LogP contribution in [0, 0.1) is 0 Å². The fourth-order valence-electron chi connectivity index (χ4n) is 4.18. The number of likely N-dealkylation sites (tertiary alicyclic amines) is 1. The van der Waals surface area contributed by atoms with Crippen molar-refractivity contribution in [3.05, 3.63) is 46.2 Å². The zero-order chi connectivity index (χ0) is 21.1. The van der Waals surface area contributed by atoms with Crippen LogP contribution >= 0.6 is 23.1 Å². The van der Waals surface area contributed by atoms with Gasteiger partial charge in [0.25, 0.3) is 5.91 Å². The van der Waals surface area contributed by atoms with Gasteiger partial charge >= 0.3 is 0 Å². The predicted octanol–water partition coefficient (Wildman–Crippen LogP) is 3.52. The molecule has 3 heterocycles. The van der Waals surface area contributed by atoms with Gasteiger partial charge in [-0.25, -0.2) is 0 Å². The number of nitrogens with zero attached hydrogens (tertiary/aromatic N) is 2. The fourth-order valence-corrected chi connectivity index (χ4v) is 6.33. The number of hydrogen-bond donors (Lipinski definition) is 0. The van der Waals surface area contributed by atoms with E-state index in [-0.39, 0.29) is 16.7 Å². The molecule has 1 aromatic heterocycles. The van der Waals surface area contributed by atoms with Gasteiger partial charge in [-0.05, 0) is 36.4 Å². The molecule has 30 heavy (non-hydrogen) atoms. The van der Waals surface area contributed by atoms with Crippen LogP contribution in [0.1, 0.15) is 28.1 Å². The van der Waals surface area contributed by atoms with Crippen LogP contribution in [0.15, 0.2) is 35.7 Å². The van der Waals surface area contributed by atoms with E-state index in [9.17, 15) is 9.59 Å². The molecule has 0 saturated carbocycles. The van der Waals surface area contributed by atoms with Gasteiger partial charge in [-0.1, -0.05) is 6.07 Å². The van der Waals surface area contributed by atoms with Crippen molar-refractivity contribution >= 4 is 34.9 Å². The fraction of sp³-hybridized carbons (Fsp3) is 0.455. The molecule has 0 atom stereocenters. The number of rotatable bonds is 5. The zero-order valence-corrected chi connectivity index (χ0v) is 18.9. The van der Waals surface area contributed by atoms with Gasteiger partial charge in [-0.15, -0.1) is 23.1 Å². The molecule has 2 aliphatic rings. The number of amides is 2. The highest BCUT2D eigenvalue weighted by atomic mass is 32.2. The van der Waals surface area contributed by atoms with Gasteiger partial charge in [0.15, 0.2) is 0 Å². The minimum atomic E-state index is -0.243. The lowest BCUT2D eigenvalue weighted by atomic mass is 10.0. The summed E-state index contributed by atoms with van der Waals surface area (Å²) < 4.78 is 10.7. The molecule has 2 amide bonds. The number of benzene rings is 1. The first-order valence-corrected chi connectivity index (χ1v) is 11.9. The second-order valence-electron chi connectivity index (χ2n) is 7.49. The molecule has 0 unspecified atom stereocenters. The summed E-state index contributed by atoms with van der Waals surface area (Å²) in [7, 11) is 3.16. The van der Waals surface area contributed by atoms with Gasteiger partial charge in [0, 0.05) is 41.9 Å². The van der Waals surface area contributed by atoms with E-state index in [2.05, 4.69) is 0 Å². The third kappa shape index (κ3) is 4.16. The summed E-state index contributed by atoms with van der Waals surface area (Å²) >= 11 is 3.46. The normalized spacial score (nSPS) is 17.9. The lowest BCUT2D eigenvalue weighted by Gasteiger charge is -2.44. The average Bonchev–Trinajstić information content (AvgIpc) is 3.43. The molecule has 2 fully saturated rings. The first kappa shape index (κ1) is 21.1. The maximum Gasteiger partial charge on any atom is 0.255 e. The molecule has 0 bridgehead atoms. The summed E-state index contributed by atoms with van der Waals surface area (Å²) in [4.78, 5) is 30.9. The van der Waals surface area contributed by atoms with E-state index < -0.39 is 0 Å². The van der Waals surface area contributed by atoms with E-state index in [0.717, 1.165) is 23.5 Å². The minimum absolute atomic E-state index is 0.00411. The van der Waals surface area contributed by atoms with Crippen molar-refractivity contribution in [3.8, 4) is 11.5 Å². The largest absolute Gasteiger partial charge is 0.497 e. The Bertz CT molecular complexity index is 886. The molecule has 2 saturated heterocycles. The summed E-state index contributed by atoms with van der Waals surface area (Å²) in [6.07, 6.45) is 2.05. The molecule has 160 valence electrons. The Hall–Kier alpha value is -2.19. The summed E-state index contributed by atoms with van der Waals surface area (Å²) in [6.45, 7) is 2.08. The predicted molar refractivity (Wildman–Crippen MR) is 120 cm³/mol. The van der Waals surface area contributed by atoms with Gasteiger partial charge in [0.2, 0.25) is 5.91 Å². The van der Waals surface area contributed by atoms with Crippen LogP contribution in [0.25, 0.3) is 0 Å². The minimum Gasteiger partial charge on any atom is -0.497 e. The number of carbonyl (C=O) groups excluding carboxylic acids is 2. The van der Waals surface area contributed by atoms with Crippen LogP contribution in [0.3, 0.4) is 0 Å². The van der Waals surface area contributed by atoms with Crippen LogP contribution in [0.4, 0.5) is 0 Å². The number of hydrogen-bond acceptors (Lipinski definition) is 6. The monoisotopic (exact) mass is 446 g/mol. The highest BCUT2D eigenvalue weighted by molar-refractivity contribution is 8.00. The van der Waals surface area contributed by atoms with E-state index in [4.69, 9.17) is 9.47 Å². The highest BCUT2D eigenvalue weighted by Gasteiger charge is 2.47. The Morgan fingerprint density at radius 1 is 1.07 bits per heavy atom. The number of methoxy groups -OCH3 is 2. The Kier molecular flexibility index (Phi) is 6.24. The van der Waals surface area contributed by atoms with E-state index in [1.54, 1.807) is 43.8 Å². The maximum absolute atomic E-state index is 13.4. The molecule has 1 spiro atoms. The second kappa shape index (κ2) is 8.89. The Morgan fingerprint density at radius 2 is 1.77 bits per heavy atom. The van der Waals surface area contributed by atoms with Crippen LogP contribution in [-0.2, 0) is 11.2 Å². The number of carbonyl (C=O) groups is 2. The second-order valence-corrected chi connectivity index (χ2v) is 9.98. The first-order chi connectivity index (χ1) is 14.5. The van der Waals surface area contributed by atoms with Gasteiger partial charge in [-0.2, -0.15) is 0 Å². The molecule has 2 aromatic rings. The summed E-state index contributed by atoms with van der Waals surface area (Å²) in [5, 5.41) is 2.00. The Labute approximate surface area is 185 Å². The van der Waals surface area contributed by atoms with Crippen molar-refractivity contribution in [1.29, 1.82) is 0 Å². The van der Waals surface area contributed by atoms with Crippen molar-refractivity contribution < 1.29 is 19.1 Å². The summed E-state index contributed by atoms with van der Waals surface area (Å²) in [6, 6.07) is 9.28. The van der Waals surface area contributed by atoms with Crippen molar-refractivity contribution in [2.45, 2.75) is 24.1 Å². The molecular weight excluding hydrogens is 420 g/mol. The van der Waals surface area contributed by atoms with Crippen molar-refractivity contribution in [2.24, 2.45) is 0 Å². The lowest BCUT2D eigenvalue weighted by Crippen LogP contribution is -2.53. The SMILES string of the molecule is COc1cc(OC)cc(C(=O)N2CCSC23CCN(C(=O)Cc2cccs2)CC3)c1. The van der Waals surface area contributed by atoms with Crippen LogP contribution in [0.2, 0.25) is 0 Å². The number of thiophene rings is 1. The third-order valence-corrected chi connectivity index (χ3v) is 8.25. The Balaban J connectivity index is 1.46. The maximum atomic E-state index is 13.4. The smallest absolute Gasteiger partial charge is 0.255 e. The molecule has 1 aromatic carbocycles. The number of thioether (sulfide) groups is 1. The lowest BCUT2D eigenvalue weighted by molar-refractivity contribution is -0.132. The van der Waals surface area contributed by atoms with Gasteiger partial charge < -0.3 is 19.3 Å². The van der Waals surface area contributed by atoms with Crippen molar-refractivity contribution in [3.63, 3.8) is 0 Å². The van der Waals surface area contributed by atoms with E-state index in [0.29, 0.717) is 43.1 Å². The van der Waals surface area contributed by atoms with E-state index >= 15 is 0 Å². The molecule has 2 aliphatic heterocycles. The van der Waals surface area contributed by atoms with Crippen LogP contribution in [-0.4, -0.2) is 66.1 Å². The highest BCUT2D eigenvalue weighted by Crippen LogP contribution is 2.45. The third-order valence-electron chi connectivity index (χ3n) is 5.82. The summed E-state index contributed by atoms with van der Waals surface area (Å²) in [5.41, 5.74) is 0.573.